The summed E-state index contributed by atoms with van der Waals surface area (Å²) in [6.45, 7) is 5.45. The normalized spacial score (nSPS) is 13.6. The van der Waals surface area contributed by atoms with Crippen LogP contribution in [0.4, 0.5) is 10.1 Å². The van der Waals surface area contributed by atoms with Crippen molar-refractivity contribution in [3.63, 3.8) is 0 Å². The van der Waals surface area contributed by atoms with Crippen molar-refractivity contribution in [2.24, 2.45) is 0 Å². The Bertz CT molecular complexity index is 2000. The van der Waals surface area contributed by atoms with Crippen molar-refractivity contribution in [3.05, 3.63) is 67.0 Å². The maximum Gasteiger partial charge on any atom is 0.224 e. The topological polar surface area (TPSA) is 138 Å². The molecule has 1 fully saturated rings. The van der Waals surface area contributed by atoms with Crippen LogP contribution in [-0.4, -0.2) is 72.2 Å². The highest BCUT2D eigenvalue weighted by molar-refractivity contribution is 5.96. The lowest BCUT2D eigenvalue weighted by Crippen LogP contribution is -2.25. The fourth-order valence-corrected chi connectivity index (χ4v) is 5.73. The summed E-state index contributed by atoms with van der Waals surface area (Å²) in [5.74, 6) is 0.564. The van der Waals surface area contributed by atoms with E-state index in [4.69, 9.17) is 9.72 Å². The van der Waals surface area contributed by atoms with Crippen LogP contribution in [0.1, 0.15) is 32.6 Å². The molecule has 6 aromatic rings. The first kappa shape index (κ1) is 28.5. The molecule has 1 amide bonds. The standard InChI is InChI=1S/C33H32FN9O2/c1-2-5-28(44)38-24-13-21(17-35-19-24)22-15-27-30(41-42-31(27)37-18-22)33-39-29-26(6-7-36-32(29)40-33)20-12-23(34)16-25(14-20)45-11-10-43-8-3-4-9-43/h6-7,12-19H,2-5,8-11H2,1H3,(H,38,44)(H,36,39,40)(H,37,41,42). The number of H-pyrrole nitrogens is 2. The predicted octanol–water partition coefficient (Wildman–Crippen LogP) is 5.98. The zero-order valence-electron chi connectivity index (χ0n) is 24.8. The molecular weight excluding hydrogens is 573 g/mol. The average molecular weight is 606 g/mol. The molecule has 1 aliphatic rings. The van der Waals surface area contributed by atoms with Gasteiger partial charge in [-0.1, -0.05) is 6.92 Å². The van der Waals surface area contributed by atoms with E-state index in [2.05, 4.69) is 40.3 Å². The van der Waals surface area contributed by atoms with Gasteiger partial charge in [0.05, 0.1) is 22.8 Å². The molecular formula is C33H32FN9O2. The molecule has 1 saturated heterocycles. The van der Waals surface area contributed by atoms with E-state index >= 15 is 0 Å². The summed E-state index contributed by atoms with van der Waals surface area (Å²) < 4.78 is 20.7. The van der Waals surface area contributed by atoms with Gasteiger partial charge in [-0.05, 0) is 68.2 Å². The highest BCUT2D eigenvalue weighted by Crippen LogP contribution is 2.33. The third kappa shape index (κ3) is 6.09. The lowest BCUT2D eigenvalue weighted by molar-refractivity contribution is -0.116. The number of ether oxygens (including phenoxy) is 1. The average Bonchev–Trinajstić information content (AvgIpc) is 3.80. The zero-order chi connectivity index (χ0) is 30.8. The molecule has 3 N–H and O–H groups in total. The van der Waals surface area contributed by atoms with E-state index in [9.17, 15) is 9.18 Å². The number of halogens is 1. The van der Waals surface area contributed by atoms with Gasteiger partial charge in [-0.15, -0.1) is 0 Å². The Kier molecular flexibility index (Phi) is 7.87. The summed E-state index contributed by atoms with van der Waals surface area (Å²) in [5, 5.41) is 11.1. The van der Waals surface area contributed by atoms with E-state index in [1.54, 1.807) is 24.8 Å². The van der Waals surface area contributed by atoms with Crippen LogP contribution >= 0.6 is 0 Å². The molecule has 0 bridgehead atoms. The molecule has 0 unspecified atom stereocenters. The first-order valence-corrected chi connectivity index (χ1v) is 15.1. The molecule has 1 aromatic carbocycles. The van der Waals surface area contributed by atoms with Gasteiger partial charge in [-0.2, -0.15) is 5.10 Å². The van der Waals surface area contributed by atoms with Gasteiger partial charge in [0.2, 0.25) is 5.91 Å². The number of carbonyl (C=O) groups excluding carboxylic acids is 1. The number of amides is 1. The summed E-state index contributed by atoms with van der Waals surface area (Å²) in [4.78, 5) is 35.9. The lowest BCUT2D eigenvalue weighted by atomic mass is 10.1. The second-order valence-electron chi connectivity index (χ2n) is 11.2. The number of carbonyl (C=O) groups is 1. The Morgan fingerprint density at radius 3 is 2.76 bits per heavy atom. The number of fused-ring (bicyclic) bond motifs is 2. The van der Waals surface area contributed by atoms with Gasteiger partial charge < -0.3 is 15.0 Å². The fourth-order valence-electron chi connectivity index (χ4n) is 5.73. The molecule has 12 heteroatoms. The number of hydrogen-bond donors (Lipinski definition) is 3. The molecule has 6 heterocycles. The van der Waals surface area contributed by atoms with E-state index in [1.165, 1.54) is 25.0 Å². The second kappa shape index (κ2) is 12.4. The number of hydrogen-bond acceptors (Lipinski definition) is 8. The van der Waals surface area contributed by atoms with Crippen LogP contribution in [0.2, 0.25) is 0 Å². The highest BCUT2D eigenvalue weighted by atomic mass is 19.1. The van der Waals surface area contributed by atoms with Crippen molar-refractivity contribution in [2.75, 3.05) is 31.6 Å². The number of benzene rings is 1. The monoisotopic (exact) mass is 605 g/mol. The number of rotatable bonds is 10. The second-order valence-corrected chi connectivity index (χ2v) is 11.2. The predicted molar refractivity (Wildman–Crippen MR) is 170 cm³/mol. The smallest absolute Gasteiger partial charge is 0.224 e. The van der Waals surface area contributed by atoms with Crippen LogP contribution in [0.25, 0.3) is 56.0 Å². The summed E-state index contributed by atoms with van der Waals surface area (Å²) >= 11 is 0. The Hall–Kier alpha value is -5.23. The Labute approximate surface area is 258 Å². The number of likely N-dealkylation sites (tertiary alicyclic amines) is 1. The van der Waals surface area contributed by atoms with Crippen molar-refractivity contribution >= 4 is 33.8 Å². The van der Waals surface area contributed by atoms with Crippen molar-refractivity contribution in [2.45, 2.75) is 32.6 Å². The summed E-state index contributed by atoms with van der Waals surface area (Å²) in [7, 11) is 0. The Balaban J connectivity index is 1.19. The van der Waals surface area contributed by atoms with Crippen molar-refractivity contribution < 1.29 is 13.9 Å². The quantitative estimate of drug-likeness (QED) is 0.174. The van der Waals surface area contributed by atoms with Gasteiger partial charge in [0.1, 0.15) is 23.9 Å². The molecule has 1 aliphatic heterocycles. The minimum atomic E-state index is -0.380. The molecule has 7 rings (SSSR count). The number of anilines is 1. The lowest BCUT2D eigenvalue weighted by Gasteiger charge is -2.15. The minimum absolute atomic E-state index is 0.0560. The third-order valence-corrected chi connectivity index (χ3v) is 7.93. The highest BCUT2D eigenvalue weighted by Gasteiger charge is 2.18. The summed E-state index contributed by atoms with van der Waals surface area (Å²) in [6, 6.07) is 10.4. The van der Waals surface area contributed by atoms with E-state index in [0.717, 1.165) is 48.1 Å². The molecule has 228 valence electrons. The van der Waals surface area contributed by atoms with E-state index in [-0.39, 0.29) is 11.7 Å². The first-order valence-electron chi connectivity index (χ1n) is 15.1. The van der Waals surface area contributed by atoms with E-state index in [1.807, 2.05) is 31.2 Å². The molecule has 0 radical (unpaired) electrons. The van der Waals surface area contributed by atoms with Gasteiger partial charge in [0.25, 0.3) is 0 Å². The van der Waals surface area contributed by atoms with E-state index in [0.29, 0.717) is 58.4 Å². The van der Waals surface area contributed by atoms with Crippen molar-refractivity contribution in [1.29, 1.82) is 0 Å². The van der Waals surface area contributed by atoms with E-state index < -0.39 is 0 Å². The van der Waals surface area contributed by atoms with Gasteiger partial charge in [0.15, 0.2) is 17.1 Å². The van der Waals surface area contributed by atoms with Gasteiger partial charge in [-0.3, -0.25) is 19.8 Å². The molecule has 0 aliphatic carbocycles. The van der Waals surface area contributed by atoms with Crippen LogP contribution in [0.5, 0.6) is 5.75 Å². The summed E-state index contributed by atoms with van der Waals surface area (Å²) in [6.07, 6.45) is 10.3. The third-order valence-electron chi connectivity index (χ3n) is 7.93. The number of nitrogens with one attached hydrogen (secondary N) is 3. The Morgan fingerprint density at radius 2 is 1.89 bits per heavy atom. The number of pyridine rings is 3. The molecule has 5 aromatic heterocycles. The van der Waals surface area contributed by atoms with Crippen LogP contribution in [0.3, 0.4) is 0 Å². The number of nitrogens with zero attached hydrogens (tertiary/aromatic N) is 6. The molecule has 0 spiro atoms. The maximum absolute atomic E-state index is 14.8. The number of aromatic nitrogens is 7. The van der Waals surface area contributed by atoms with Crippen LogP contribution < -0.4 is 10.1 Å². The molecule has 0 atom stereocenters. The number of aromatic amines is 2. The first-order chi connectivity index (χ1) is 22.0. The molecule has 0 saturated carbocycles. The molecule has 45 heavy (non-hydrogen) atoms. The van der Waals surface area contributed by atoms with Crippen molar-refractivity contribution in [1.82, 2.24) is 40.0 Å². The Morgan fingerprint density at radius 1 is 1.02 bits per heavy atom. The number of imidazole rings is 1. The van der Waals surface area contributed by atoms with Crippen LogP contribution in [0.15, 0.2) is 61.2 Å². The largest absolute Gasteiger partial charge is 0.492 e. The van der Waals surface area contributed by atoms with Gasteiger partial charge in [-0.25, -0.2) is 19.3 Å². The van der Waals surface area contributed by atoms with Gasteiger partial charge >= 0.3 is 0 Å². The fraction of sp³-hybridized carbons (Fsp3) is 0.273. The molecule has 11 nitrogen and oxygen atoms in total. The summed E-state index contributed by atoms with van der Waals surface area (Å²) in [5.41, 5.74) is 5.91. The maximum atomic E-state index is 14.8. The van der Waals surface area contributed by atoms with Crippen LogP contribution in [0, 0.1) is 5.82 Å². The minimum Gasteiger partial charge on any atom is -0.492 e. The van der Waals surface area contributed by atoms with Crippen LogP contribution in [-0.2, 0) is 4.79 Å². The van der Waals surface area contributed by atoms with Gasteiger partial charge in [0, 0.05) is 54.3 Å². The van der Waals surface area contributed by atoms with Crippen molar-refractivity contribution in [3.8, 4) is 39.5 Å². The SMILES string of the molecule is CCCC(=O)Nc1cncc(-c2cnc3n[nH]c(-c4nc5nccc(-c6cc(F)cc(OCCN7CCCC7)c6)c5[nH]4)c3c2)c1. The zero-order valence-corrected chi connectivity index (χ0v) is 24.8.